The van der Waals surface area contributed by atoms with E-state index in [0.29, 0.717) is 0 Å². The van der Waals surface area contributed by atoms with Crippen molar-refractivity contribution in [3.8, 4) is 33.4 Å². The van der Waals surface area contributed by atoms with Crippen LogP contribution in [0.2, 0.25) is 0 Å². The van der Waals surface area contributed by atoms with Crippen LogP contribution in [-0.2, 0) is 0 Å². The first-order chi connectivity index (χ1) is 31.7. The van der Waals surface area contributed by atoms with Gasteiger partial charge in [0.25, 0.3) is 0 Å². The van der Waals surface area contributed by atoms with Crippen LogP contribution in [0.3, 0.4) is 0 Å². The molecule has 0 heterocycles. The number of hydrogen-bond acceptors (Lipinski definition) is 0. The molecule has 0 atom stereocenters. The van der Waals surface area contributed by atoms with Crippen molar-refractivity contribution in [2.75, 3.05) is 0 Å². The fraction of sp³-hybridized carbons (Fsp3) is 0.0938. The van der Waals surface area contributed by atoms with Gasteiger partial charge in [-0.3, -0.25) is 0 Å². The van der Waals surface area contributed by atoms with Crippen LogP contribution in [0.25, 0.3) is 98.0 Å². The second kappa shape index (κ2) is 15.1. The molecule has 0 N–H and O–H groups in total. The van der Waals surface area contributed by atoms with Crippen LogP contribution in [0.5, 0.6) is 0 Å². The van der Waals surface area contributed by atoms with E-state index in [-0.39, 0.29) is 6.71 Å². The molecule has 12 aromatic carbocycles. The van der Waals surface area contributed by atoms with Gasteiger partial charge in [0.1, 0.15) is 0 Å². The van der Waals surface area contributed by atoms with Crippen molar-refractivity contribution in [1.29, 1.82) is 0 Å². The van der Waals surface area contributed by atoms with E-state index in [1.807, 2.05) is 0 Å². The molecule has 0 aliphatic carbocycles. The van der Waals surface area contributed by atoms with Crippen LogP contribution >= 0.6 is 0 Å². The van der Waals surface area contributed by atoms with Gasteiger partial charge < -0.3 is 0 Å². The van der Waals surface area contributed by atoms with Crippen molar-refractivity contribution in [3.63, 3.8) is 0 Å². The second-order valence-electron chi connectivity index (χ2n) is 18.8. The molecule has 0 nitrogen and oxygen atoms in total. The second-order valence-corrected chi connectivity index (χ2v) is 18.8. The maximum atomic E-state index is 2.57. The minimum Gasteiger partial charge on any atom is -0.0629 e. The molecule has 65 heavy (non-hydrogen) atoms. The summed E-state index contributed by atoms with van der Waals surface area (Å²) in [6.07, 6.45) is 0. The monoisotopic (exact) mass is 828 g/mol. The van der Waals surface area contributed by atoms with E-state index in [1.54, 1.807) is 0 Å². The predicted molar refractivity (Wildman–Crippen MR) is 285 cm³/mol. The van der Waals surface area contributed by atoms with Gasteiger partial charge in [-0.15, -0.1) is 0 Å². The third-order valence-corrected chi connectivity index (χ3v) is 14.5. The molecule has 0 unspecified atom stereocenters. The fourth-order valence-corrected chi connectivity index (χ4v) is 11.8. The van der Waals surface area contributed by atoms with E-state index < -0.39 is 0 Å². The molecule has 0 fully saturated rings. The van der Waals surface area contributed by atoms with Crippen molar-refractivity contribution in [2.24, 2.45) is 0 Å². The van der Waals surface area contributed by atoms with Crippen LogP contribution in [0, 0.1) is 41.5 Å². The minimum atomic E-state index is -0.000101. The molecule has 12 aromatic rings. The van der Waals surface area contributed by atoms with Gasteiger partial charge in [-0.1, -0.05) is 214 Å². The smallest absolute Gasteiger partial charge is 0.0629 e. The number of benzene rings is 12. The molecule has 0 saturated heterocycles. The molecule has 12 rings (SSSR count). The van der Waals surface area contributed by atoms with Crippen molar-refractivity contribution >= 4 is 87.7 Å². The average molecular weight is 829 g/mol. The topological polar surface area (TPSA) is 0 Å². The number of rotatable bonds is 6. The van der Waals surface area contributed by atoms with Crippen LogP contribution in [0.4, 0.5) is 0 Å². The zero-order chi connectivity index (χ0) is 44.1. The van der Waals surface area contributed by atoms with Gasteiger partial charge in [-0.05, 0) is 164 Å². The van der Waals surface area contributed by atoms with Crippen LogP contribution in [-0.4, -0.2) is 6.71 Å². The molecule has 0 radical (unpaired) electrons. The minimum absolute atomic E-state index is 0.000101. The number of hydrogen-bond donors (Lipinski definition) is 0. The zero-order valence-corrected chi connectivity index (χ0v) is 38.0. The van der Waals surface area contributed by atoms with Crippen molar-refractivity contribution < 1.29 is 0 Å². The van der Waals surface area contributed by atoms with Crippen LogP contribution < -0.4 is 16.4 Å². The fourth-order valence-electron chi connectivity index (χ4n) is 11.8. The summed E-state index contributed by atoms with van der Waals surface area (Å²) in [4.78, 5) is 0. The Labute approximate surface area is 382 Å². The highest BCUT2D eigenvalue weighted by Gasteiger charge is 2.32. The van der Waals surface area contributed by atoms with E-state index in [9.17, 15) is 0 Å². The van der Waals surface area contributed by atoms with E-state index in [1.165, 1.54) is 148 Å². The lowest BCUT2D eigenvalue weighted by Crippen LogP contribution is -2.56. The molecule has 0 amide bonds. The van der Waals surface area contributed by atoms with E-state index >= 15 is 0 Å². The Kier molecular flexibility index (Phi) is 9.08. The zero-order valence-electron chi connectivity index (χ0n) is 38.0. The lowest BCUT2D eigenvalue weighted by molar-refractivity contribution is 1.34. The molecule has 308 valence electrons. The van der Waals surface area contributed by atoms with Gasteiger partial charge in [0.2, 0.25) is 6.71 Å². The summed E-state index contributed by atoms with van der Waals surface area (Å²) in [6.45, 7) is 13.8. The first-order valence-electron chi connectivity index (χ1n) is 23.1. The number of fused-ring (bicyclic) bond motifs is 3. The molecular weight excluding hydrogens is 780 g/mol. The SMILES string of the molecule is Cc1cc(C)c(B(c2c(C)cc(C)cc2C)c2cc(-c3ccc4ccccc4c3)c3ccc4c(-c5ccc6ccccc6c5)cc(-c5ccc6ccccc6c5)c5ccc2c3c54)c(C)c1. The molecule has 0 aliphatic rings. The molecule has 0 bridgehead atoms. The highest BCUT2D eigenvalue weighted by Crippen LogP contribution is 2.46. The van der Waals surface area contributed by atoms with Gasteiger partial charge in [-0.25, -0.2) is 0 Å². The maximum absolute atomic E-state index is 2.57. The van der Waals surface area contributed by atoms with Crippen molar-refractivity contribution in [1.82, 2.24) is 0 Å². The quantitative estimate of drug-likeness (QED) is 0.116. The van der Waals surface area contributed by atoms with Gasteiger partial charge >= 0.3 is 0 Å². The Balaban J connectivity index is 1.27. The molecule has 0 aromatic heterocycles. The van der Waals surface area contributed by atoms with Crippen LogP contribution in [0.15, 0.2) is 188 Å². The summed E-state index contributed by atoms with van der Waals surface area (Å²) < 4.78 is 0. The lowest BCUT2D eigenvalue weighted by atomic mass is 9.33. The molecule has 0 aliphatic heterocycles. The summed E-state index contributed by atoms with van der Waals surface area (Å²) in [5.41, 5.74) is 19.6. The van der Waals surface area contributed by atoms with Crippen molar-refractivity contribution in [3.05, 3.63) is 221 Å². The molecule has 0 saturated carbocycles. The van der Waals surface area contributed by atoms with Crippen LogP contribution in [0.1, 0.15) is 33.4 Å². The first-order valence-corrected chi connectivity index (χ1v) is 23.1. The van der Waals surface area contributed by atoms with E-state index in [4.69, 9.17) is 0 Å². The largest absolute Gasteiger partial charge is 0.243 e. The Morgan fingerprint density at radius 3 is 0.985 bits per heavy atom. The Bertz CT molecular complexity index is 3700. The maximum Gasteiger partial charge on any atom is 0.243 e. The Hall–Kier alpha value is -7.48. The predicted octanol–water partition coefficient (Wildman–Crippen LogP) is 15.4. The molecule has 1 heteroatoms. The summed E-state index contributed by atoms with van der Waals surface area (Å²) in [6, 6.07) is 71.7. The van der Waals surface area contributed by atoms with Gasteiger partial charge in [0, 0.05) is 0 Å². The van der Waals surface area contributed by atoms with E-state index in [2.05, 4.69) is 230 Å². The number of aryl methyl sites for hydroxylation is 6. The summed E-state index contributed by atoms with van der Waals surface area (Å²) >= 11 is 0. The Morgan fingerprint density at radius 2 is 0.600 bits per heavy atom. The summed E-state index contributed by atoms with van der Waals surface area (Å²) in [5.74, 6) is 0. The normalized spacial score (nSPS) is 11.8. The summed E-state index contributed by atoms with van der Waals surface area (Å²) in [5, 5.41) is 15.3. The van der Waals surface area contributed by atoms with Gasteiger partial charge in [0.15, 0.2) is 0 Å². The lowest BCUT2D eigenvalue weighted by Gasteiger charge is -2.28. The first kappa shape index (κ1) is 39.1. The Morgan fingerprint density at radius 1 is 0.277 bits per heavy atom. The summed E-state index contributed by atoms with van der Waals surface area (Å²) in [7, 11) is 0. The third kappa shape index (κ3) is 6.36. The van der Waals surface area contributed by atoms with Gasteiger partial charge in [0.05, 0.1) is 0 Å². The third-order valence-electron chi connectivity index (χ3n) is 14.5. The average Bonchev–Trinajstić information content (AvgIpc) is 3.31. The van der Waals surface area contributed by atoms with Crippen molar-refractivity contribution in [2.45, 2.75) is 41.5 Å². The van der Waals surface area contributed by atoms with Gasteiger partial charge in [-0.2, -0.15) is 0 Å². The molecular formula is C64H49B. The highest BCUT2D eigenvalue weighted by atomic mass is 14.2. The standard InChI is InChI=1S/C64H49B/c1-38-29-40(3)63(41(4)30-38)65(64-42(5)31-39(2)32-43(64)6)60-37-59(52-24-21-46-15-9-12-18-49(46)35-52)55-26-25-53-57(50-22-19-44-13-7-10-16-47(44)33-50)36-58(54-27-28-56(60)62(55)61(53)54)51-23-20-45-14-8-11-17-48(45)34-51/h7-37H,1-6H3. The van der Waals surface area contributed by atoms with E-state index in [0.717, 1.165) is 0 Å². The highest BCUT2D eigenvalue weighted by molar-refractivity contribution is 6.98. The molecule has 0 spiro atoms.